The molecule has 2 fully saturated rings. The fourth-order valence-electron chi connectivity index (χ4n) is 7.07. The molecule has 2 aliphatic rings. The Balaban J connectivity index is 1.45. The maximum atomic E-state index is 14.4. The predicted octanol–water partition coefficient (Wildman–Crippen LogP) is 6.18. The summed E-state index contributed by atoms with van der Waals surface area (Å²) < 4.78 is 16.8. The molecule has 1 aromatic carbocycles. The number of benzene rings is 1. The first kappa shape index (κ1) is 34.2. The van der Waals surface area contributed by atoms with Gasteiger partial charge in [-0.15, -0.1) is 0 Å². The van der Waals surface area contributed by atoms with E-state index >= 15 is 0 Å². The van der Waals surface area contributed by atoms with E-state index < -0.39 is 19.8 Å². The molecule has 4 aromatic rings. The average Bonchev–Trinajstić information content (AvgIpc) is 3.75. The van der Waals surface area contributed by atoms with Crippen LogP contribution < -0.4 is 15.8 Å². The Morgan fingerprint density at radius 3 is 2.58 bits per heavy atom. The molecule has 3 aromatic heterocycles. The molecule has 3 atom stereocenters. The van der Waals surface area contributed by atoms with E-state index in [0.717, 1.165) is 31.6 Å². The Bertz CT molecular complexity index is 1950. The van der Waals surface area contributed by atoms with E-state index in [9.17, 15) is 14.4 Å². The number of amides is 1. The summed E-state index contributed by atoms with van der Waals surface area (Å²) in [6.45, 7) is 15.7. The highest BCUT2D eigenvalue weighted by atomic mass is 35.5. The van der Waals surface area contributed by atoms with E-state index in [1.54, 1.807) is 16.3 Å². The first-order chi connectivity index (χ1) is 22.6. The number of nitrogens with one attached hydrogen (secondary N) is 1. The first-order valence-corrected chi connectivity index (χ1v) is 20.8. The third kappa shape index (κ3) is 6.27. The van der Waals surface area contributed by atoms with E-state index in [0.29, 0.717) is 62.9 Å². The maximum absolute atomic E-state index is 14.4. The minimum absolute atomic E-state index is 0.0253. The highest BCUT2D eigenvalue weighted by molar-refractivity contribution is 6.76. The van der Waals surface area contributed by atoms with Crippen LogP contribution in [0.15, 0.2) is 23.1 Å². The van der Waals surface area contributed by atoms with Gasteiger partial charge in [-0.05, 0) is 59.1 Å². The van der Waals surface area contributed by atoms with Gasteiger partial charge in [-0.25, -0.2) is 4.79 Å². The summed E-state index contributed by atoms with van der Waals surface area (Å²) in [5.74, 6) is 0.551. The largest absolute Gasteiger partial charge is 0.444 e. The van der Waals surface area contributed by atoms with Crippen molar-refractivity contribution in [2.24, 2.45) is 7.05 Å². The standard InChI is InChI=1S/C34H46ClN7O5Si/c1-9-41-26(18-43)28-23(38-41)12-11-21(29(28)35)22-17-40(19-46-14-15-48(6,7)8)30-27(22)31(44)39(5)32(37-30)42-20-10-13-25(42)24(16-20)36-33(45)47-34(2,3)4/h11-12,17-18,20,24-25H,9-10,13-16,19H2,1-8H3,(H,36,45)/t20-,24+,25+/m0/s1. The van der Waals surface area contributed by atoms with Crippen molar-refractivity contribution in [2.75, 3.05) is 11.5 Å². The summed E-state index contributed by atoms with van der Waals surface area (Å²) in [5.41, 5.74) is 1.91. The number of hydrogen-bond donors (Lipinski definition) is 1. The third-order valence-corrected chi connectivity index (χ3v) is 11.5. The van der Waals surface area contributed by atoms with E-state index in [4.69, 9.17) is 26.1 Å². The van der Waals surface area contributed by atoms with Crippen molar-refractivity contribution in [3.63, 3.8) is 0 Å². The fraction of sp³-hybridized carbons (Fsp3) is 0.559. The van der Waals surface area contributed by atoms with Crippen LogP contribution in [-0.2, 0) is 29.8 Å². The van der Waals surface area contributed by atoms with E-state index in [2.05, 4.69) is 35.0 Å². The summed E-state index contributed by atoms with van der Waals surface area (Å²) in [5, 5.41) is 8.94. The van der Waals surface area contributed by atoms with Crippen LogP contribution >= 0.6 is 11.6 Å². The van der Waals surface area contributed by atoms with Crippen LogP contribution in [0.25, 0.3) is 33.1 Å². The van der Waals surface area contributed by atoms with Crippen LogP contribution in [0.4, 0.5) is 10.7 Å². The van der Waals surface area contributed by atoms with Crippen LogP contribution in [0.3, 0.4) is 0 Å². The van der Waals surface area contributed by atoms with Gasteiger partial charge in [0.1, 0.15) is 18.0 Å². The van der Waals surface area contributed by atoms with Gasteiger partial charge in [0.05, 0.1) is 28.0 Å². The lowest BCUT2D eigenvalue weighted by atomic mass is 9.96. The summed E-state index contributed by atoms with van der Waals surface area (Å²) in [6, 6.07) is 4.65. The molecule has 1 amide bonds. The molecule has 0 unspecified atom stereocenters. The van der Waals surface area contributed by atoms with Crippen molar-refractivity contribution in [2.45, 2.75) is 110 Å². The maximum Gasteiger partial charge on any atom is 0.407 e. The topological polar surface area (TPSA) is 126 Å². The predicted molar refractivity (Wildman–Crippen MR) is 191 cm³/mol. The molecule has 0 aliphatic carbocycles. The van der Waals surface area contributed by atoms with Gasteiger partial charge in [0.25, 0.3) is 5.56 Å². The molecule has 6 rings (SSSR count). The number of rotatable bonds is 10. The van der Waals surface area contributed by atoms with Crippen LogP contribution in [0.5, 0.6) is 0 Å². The molecule has 2 aliphatic heterocycles. The van der Waals surface area contributed by atoms with Gasteiger partial charge in [-0.1, -0.05) is 37.3 Å². The highest BCUT2D eigenvalue weighted by Crippen LogP contribution is 2.42. The SMILES string of the molecule is CCn1nc2ccc(-c3cn(COCC[Si](C)(C)C)c4nc(N5[C@H]6CC[C@@H]5[C@H](NC(=O)OC(C)(C)C)C6)n(C)c(=O)c34)c(Cl)c2c1C=O. The number of nitrogens with zero attached hydrogens (tertiary/aromatic N) is 6. The molecule has 2 saturated heterocycles. The molecular formula is C34H46ClN7O5Si. The van der Waals surface area contributed by atoms with Crippen molar-refractivity contribution >= 4 is 59.9 Å². The van der Waals surface area contributed by atoms with E-state index in [-0.39, 0.29) is 30.4 Å². The molecule has 0 spiro atoms. The van der Waals surface area contributed by atoms with Gasteiger partial charge in [0.2, 0.25) is 5.95 Å². The number of carbonyl (C=O) groups excluding carboxylic acids is 2. The molecule has 0 radical (unpaired) electrons. The molecule has 48 heavy (non-hydrogen) atoms. The van der Waals surface area contributed by atoms with E-state index in [1.165, 1.54) is 0 Å². The second-order valence-electron chi connectivity index (χ2n) is 15.2. The lowest BCUT2D eigenvalue weighted by Gasteiger charge is -2.28. The number of alkyl carbamates (subject to hydrolysis) is 1. The molecule has 1 N–H and O–H groups in total. The summed E-state index contributed by atoms with van der Waals surface area (Å²) in [7, 11) is 0.414. The molecule has 258 valence electrons. The van der Waals surface area contributed by atoms with Gasteiger partial charge in [-0.2, -0.15) is 10.1 Å². The normalized spacial score (nSPS) is 19.5. The van der Waals surface area contributed by atoms with E-state index in [1.807, 2.05) is 50.6 Å². The molecule has 14 heteroatoms. The van der Waals surface area contributed by atoms with Crippen LogP contribution in [0.1, 0.15) is 57.4 Å². The zero-order chi connectivity index (χ0) is 34.7. The third-order valence-electron chi connectivity index (χ3n) is 9.35. The van der Waals surface area contributed by atoms with Crippen LogP contribution in [-0.4, -0.2) is 74.7 Å². The van der Waals surface area contributed by atoms with Crippen LogP contribution in [0, 0.1) is 0 Å². The Hall–Kier alpha value is -3.68. The minimum atomic E-state index is -1.33. The molecule has 12 nitrogen and oxygen atoms in total. The zero-order valence-corrected chi connectivity index (χ0v) is 30.8. The summed E-state index contributed by atoms with van der Waals surface area (Å²) in [4.78, 5) is 46.6. The van der Waals surface area contributed by atoms with Crippen molar-refractivity contribution in [3.05, 3.63) is 39.4 Å². The van der Waals surface area contributed by atoms with Crippen molar-refractivity contribution in [3.8, 4) is 11.1 Å². The number of carbonyl (C=O) groups is 2. The molecule has 5 heterocycles. The van der Waals surface area contributed by atoms with Crippen molar-refractivity contribution in [1.29, 1.82) is 0 Å². The second kappa shape index (κ2) is 12.6. The number of aldehydes is 1. The number of hydrogen-bond acceptors (Lipinski definition) is 8. The smallest absolute Gasteiger partial charge is 0.407 e. The molecule has 2 bridgehead atoms. The van der Waals surface area contributed by atoms with Crippen molar-refractivity contribution in [1.82, 2.24) is 29.2 Å². The second-order valence-corrected chi connectivity index (χ2v) is 21.2. The monoisotopic (exact) mass is 695 g/mol. The van der Waals surface area contributed by atoms with Gasteiger partial charge < -0.3 is 24.3 Å². The zero-order valence-electron chi connectivity index (χ0n) is 29.1. The summed E-state index contributed by atoms with van der Waals surface area (Å²) >= 11 is 7.06. The number of anilines is 1. The Morgan fingerprint density at radius 2 is 1.92 bits per heavy atom. The van der Waals surface area contributed by atoms with Crippen LogP contribution in [0.2, 0.25) is 30.7 Å². The number of aryl methyl sites for hydroxylation is 1. The Morgan fingerprint density at radius 1 is 1.17 bits per heavy atom. The van der Waals surface area contributed by atoms with Crippen molar-refractivity contribution < 1.29 is 19.1 Å². The molecular weight excluding hydrogens is 650 g/mol. The summed E-state index contributed by atoms with van der Waals surface area (Å²) in [6.07, 6.45) is 4.75. The van der Waals surface area contributed by atoms with Gasteiger partial charge in [0.15, 0.2) is 11.9 Å². The quantitative estimate of drug-likeness (QED) is 0.118. The van der Waals surface area contributed by atoms with Gasteiger partial charge in [-0.3, -0.25) is 18.8 Å². The Kier molecular flexibility index (Phi) is 9.01. The van der Waals surface area contributed by atoms with Gasteiger partial charge in [0, 0.05) is 57.0 Å². The van der Waals surface area contributed by atoms with Gasteiger partial charge >= 0.3 is 6.09 Å². The fourth-order valence-corrected chi connectivity index (χ4v) is 8.18. The number of halogens is 1. The Labute approximate surface area is 286 Å². The highest BCUT2D eigenvalue weighted by Gasteiger charge is 2.49. The minimum Gasteiger partial charge on any atom is -0.444 e. The lowest BCUT2D eigenvalue weighted by molar-refractivity contribution is 0.0497. The first-order valence-electron chi connectivity index (χ1n) is 16.7. The number of ether oxygens (including phenoxy) is 2. The average molecular weight is 696 g/mol. The molecule has 0 saturated carbocycles. The number of fused-ring (bicyclic) bond motifs is 4. The lowest BCUT2D eigenvalue weighted by Crippen LogP contribution is -2.46. The number of aromatic nitrogens is 5.